The first-order chi connectivity index (χ1) is 9.15. The van der Waals surface area contributed by atoms with Crippen LogP contribution in [0, 0.1) is 21.3 Å². The first-order valence-electron chi connectivity index (χ1n) is 7.20. The first-order valence-corrected chi connectivity index (χ1v) is 8.28. The van der Waals surface area contributed by atoms with Crippen LogP contribution in [0.1, 0.15) is 43.0 Å². The second-order valence-electron chi connectivity index (χ2n) is 6.08. The lowest BCUT2D eigenvalue weighted by Crippen LogP contribution is -2.40. The maximum Gasteiger partial charge on any atom is 0.252 e. The van der Waals surface area contributed by atoms with Gasteiger partial charge in [0.25, 0.3) is 5.91 Å². The van der Waals surface area contributed by atoms with Gasteiger partial charge in [-0.3, -0.25) is 4.79 Å². The lowest BCUT2D eigenvalue weighted by atomic mass is 9.84. The average Bonchev–Trinajstić information content (AvgIpc) is 3.01. The van der Waals surface area contributed by atoms with Crippen LogP contribution in [0.2, 0.25) is 0 Å². The molecule has 3 heteroatoms. The second-order valence-corrected chi connectivity index (χ2v) is 7.24. The van der Waals surface area contributed by atoms with Gasteiger partial charge in [-0.2, -0.15) is 0 Å². The summed E-state index contributed by atoms with van der Waals surface area (Å²) in [6, 6.07) is 8.10. The third-order valence-corrected chi connectivity index (χ3v) is 5.85. The van der Waals surface area contributed by atoms with Gasteiger partial charge >= 0.3 is 0 Å². The van der Waals surface area contributed by atoms with Gasteiger partial charge in [0.1, 0.15) is 0 Å². The zero-order valence-electron chi connectivity index (χ0n) is 11.2. The van der Waals surface area contributed by atoms with E-state index >= 15 is 0 Å². The molecule has 0 aromatic heterocycles. The quantitative estimate of drug-likeness (QED) is 0.806. The molecule has 0 unspecified atom stereocenters. The van der Waals surface area contributed by atoms with Crippen molar-refractivity contribution in [1.29, 1.82) is 0 Å². The summed E-state index contributed by atoms with van der Waals surface area (Å²) in [5.74, 6) is 2.57. The Labute approximate surface area is 128 Å². The smallest absolute Gasteiger partial charge is 0.252 e. The molecule has 2 aliphatic carbocycles. The largest absolute Gasteiger partial charge is 0.349 e. The van der Waals surface area contributed by atoms with Crippen LogP contribution >= 0.6 is 22.6 Å². The molecule has 2 aliphatic rings. The topological polar surface area (TPSA) is 29.1 Å². The molecular weight excluding hydrogens is 349 g/mol. The zero-order valence-corrected chi connectivity index (χ0v) is 13.4. The van der Waals surface area contributed by atoms with Crippen LogP contribution < -0.4 is 5.32 Å². The third kappa shape index (κ3) is 2.67. The molecule has 0 spiro atoms. The van der Waals surface area contributed by atoms with Crippen molar-refractivity contribution in [3.63, 3.8) is 0 Å². The highest BCUT2D eigenvalue weighted by Crippen LogP contribution is 2.49. The summed E-state index contributed by atoms with van der Waals surface area (Å²) in [5, 5.41) is 3.22. The van der Waals surface area contributed by atoms with E-state index in [1.165, 1.54) is 25.7 Å². The Morgan fingerprint density at radius 1 is 1.32 bits per heavy atom. The normalized spacial score (nSPS) is 30.3. The number of rotatable bonds is 3. The van der Waals surface area contributed by atoms with E-state index in [2.05, 4.69) is 34.8 Å². The monoisotopic (exact) mass is 369 g/mol. The van der Waals surface area contributed by atoms with Crippen molar-refractivity contribution in [2.75, 3.05) is 0 Å². The molecular formula is C16H20INO. The van der Waals surface area contributed by atoms with Crippen molar-refractivity contribution in [3.05, 3.63) is 33.4 Å². The first kappa shape index (κ1) is 13.4. The SMILES string of the molecule is C[C@H](NC(=O)c1ccccc1I)[C@H]1C[C@H]2CC[C@H]1C2. The minimum atomic E-state index is 0.0836. The van der Waals surface area contributed by atoms with Crippen molar-refractivity contribution in [3.8, 4) is 0 Å². The molecule has 102 valence electrons. The Hall–Kier alpha value is -0.580. The van der Waals surface area contributed by atoms with Crippen molar-refractivity contribution in [2.45, 2.75) is 38.6 Å². The second kappa shape index (κ2) is 5.43. The van der Waals surface area contributed by atoms with Crippen molar-refractivity contribution in [2.24, 2.45) is 17.8 Å². The minimum Gasteiger partial charge on any atom is -0.349 e. The van der Waals surface area contributed by atoms with Crippen molar-refractivity contribution < 1.29 is 4.79 Å². The summed E-state index contributed by atoms with van der Waals surface area (Å²) in [6.45, 7) is 2.18. The van der Waals surface area contributed by atoms with Gasteiger partial charge in [0.05, 0.1) is 5.56 Å². The Kier molecular flexibility index (Phi) is 3.83. The van der Waals surface area contributed by atoms with Crippen LogP contribution in [0.5, 0.6) is 0 Å². The molecule has 1 aromatic carbocycles. The van der Waals surface area contributed by atoms with E-state index in [1.807, 2.05) is 24.3 Å². The number of carbonyl (C=O) groups is 1. The number of amides is 1. The number of hydrogen-bond donors (Lipinski definition) is 1. The van der Waals surface area contributed by atoms with E-state index in [0.717, 1.165) is 21.0 Å². The summed E-state index contributed by atoms with van der Waals surface area (Å²) in [4.78, 5) is 12.3. The molecule has 0 aliphatic heterocycles. The van der Waals surface area contributed by atoms with E-state index in [4.69, 9.17) is 0 Å². The van der Waals surface area contributed by atoms with Crippen LogP contribution in [0.4, 0.5) is 0 Å². The number of halogens is 1. The van der Waals surface area contributed by atoms with Crippen LogP contribution in [0.25, 0.3) is 0 Å². The van der Waals surface area contributed by atoms with Crippen molar-refractivity contribution >= 4 is 28.5 Å². The molecule has 2 bridgehead atoms. The molecule has 1 aromatic rings. The summed E-state index contributed by atoms with van der Waals surface area (Å²) < 4.78 is 1.03. The van der Waals surface area contributed by atoms with E-state index in [-0.39, 0.29) is 5.91 Å². The summed E-state index contributed by atoms with van der Waals surface area (Å²) in [7, 11) is 0. The number of fused-ring (bicyclic) bond motifs is 2. The standard InChI is InChI=1S/C16H20INO/c1-10(14-9-11-6-7-12(14)8-11)18-16(19)13-4-2-3-5-15(13)17/h2-5,10-12,14H,6-9H2,1H3,(H,18,19)/t10-,11-,12-,14+/m0/s1. The van der Waals surface area contributed by atoms with Crippen LogP contribution in [-0.2, 0) is 0 Å². The predicted molar refractivity (Wildman–Crippen MR) is 85.0 cm³/mol. The third-order valence-electron chi connectivity index (χ3n) is 4.91. The highest BCUT2D eigenvalue weighted by atomic mass is 127. The van der Waals surface area contributed by atoms with Gasteiger partial charge in [0.2, 0.25) is 0 Å². The van der Waals surface area contributed by atoms with Gasteiger partial charge in [0, 0.05) is 9.61 Å². The fraction of sp³-hybridized carbons (Fsp3) is 0.562. The molecule has 2 fully saturated rings. The van der Waals surface area contributed by atoms with Gasteiger partial charge in [-0.15, -0.1) is 0 Å². The Balaban J connectivity index is 1.65. The Morgan fingerprint density at radius 3 is 2.74 bits per heavy atom. The Morgan fingerprint density at radius 2 is 2.11 bits per heavy atom. The molecule has 0 radical (unpaired) electrons. The molecule has 4 atom stereocenters. The number of hydrogen-bond acceptors (Lipinski definition) is 1. The van der Waals surface area contributed by atoms with Crippen LogP contribution in [0.3, 0.4) is 0 Å². The molecule has 2 saturated carbocycles. The van der Waals surface area contributed by atoms with Gasteiger partial charge in [-0.25, -0.2) is 0 Å². The number of carbonyl (C=O) groups excluding carboxylic acids is 1. The van der Waals surface area contributed by atoms with Crippen molar-refractivity contribution in [1.82, 2.24) is 5.32 Å². The highest BCUT2D eigenvalue weighted by Gasteiger charge is 2.42. The highest BCUT2D eigenvalue weighted by molar-refractivity contribution is 14.1. The van der Waals surface area contributed by atoms with E-state index in [1.54, 1.807) is 0 Å². The van der Waals surface area contributed by atoms with Gasteiger partial charge in [0.15, 0.2) is 0 Å². The number of nitrogens with one attached hydrogen (secondary N) is 1. The van der Waals surface area contributed by atoms with Gasteiger partial charge in [-0.05, 0) is 78.7 Å². The lowest BCUT2D eigenvalue weighted by Gasteiger charge is -2.28. The van der Waals surface area contributed by atoms with E-state index in [0.29, 0.717) is 12.0 Å². The van der Waals surface area contributed by atoms with E-state index < -0.39 is 0 Å². The molecule has 19 heavy (non-hydrogen) atoms. The molecule has 0 heterocycles. The zero-order chi connectivity index (χ0) is 13.4. The fourth-order valence-electron chi connectivity index (χ4n) is 3.94. The van der Waals surface area contributed by atoms with Crippen LogP contribution in [0.15, 0.2) is 24.3 Å². The summed E-state index contributed by atoms with van der Waals surface area (Å²) in [5.41, 5.74) is 0.804. The maximum absolute atomic E-state index is 12.3. The fourth-order valence-corrected chi connectivity index (χ4v) is 4.58. The van der Waals surface area contributed by atoms with E-state index in [9.17, 15) is 4.79 Å². The maximum atomic E-state index is 12.3. The molecule has 2 nitrogen and oxygen atoms in total. The van der Waals surface area contributed by atoms with Gasteiger partial charge in [-0.1, -0.05) is 18.6 Å². The van der Waals surface area contributed by atoms with Gasteiger partial charge < -0.3 is 5.32 Å². The molecule has 0 saturated heterocycles. The average molecular weight is 369 g/mol. The minimum absolute atomic E-state index is 0.0836. The molecule has 3 rings (SSSR count). The summed E-state index contributed by atoms with van der Waals surface area (Å²) in [6.07, 6.45) is 5.50. The predicted octanol–water partition coefficient (Wildman–Crippen LogP) is 3.85. The Bertz CT molecular complexity index is 487. The summed E-state index contributed by atoms with van der Waals surface area (Å²) >= 11 is 2.23. The number of benzene rings is 1. The van der Waals surface area contributed by atoms with Crippen LogP contribution in [-0.4, -0.2) is 11.9 Å². The lowest BCUT2D eigenvalue weighted by molar-refractivity contribution is 0.0914. The molecule has 1 amide bonds. The molecule has 1 N–H and O–H groups in total.